The van der Waals surface area contributed by atoms with Gasteiger partial charge in [-0.3, -0.25) is 14.9 Å². The molecule has 0 fully saturated rings. The Morgan fingerprint density at radius 1 is 1.62 bits per heavy atom. The van der Waals surface area contributed by atoms with Crippen LogP contribution in [0.3, 0.4) is 0 Å². The standard InChI is InChI=1S/C9H7N3O4/c10-4-7-5(2-9(13)14)1-6(11)3-8(7)12(15)16/h1,3H,2,11H2,(H,13,14). The van der Waals surface area contributed by atoms with E-state index in [-0.39, 0.29) is 16.8 Å². The molecule has 0 aliphatic carbocycles. The molecule has 0 aliphatic rings. The maximum atomic E-state index is 10.6. The molecule has 0 saturated carbocycles. The number of anilines is 1. The van der Waals surface area contributed by atoms with Gasteiger partial charge in [-0.15, -0.1) is 0 Å². The van der Waals surface area contributed by atoms with Crippen molar-refractivity contribution >= 4 is 17.3 Å². The molecule has 0 spiro atoms. The van der Waals surface area contributed by atoms with Crippen molar-refractivity contribution in [2.24, 2.45) is 0 Å². The Bertz CT molecular complexity index is 504. The zero-order chi connectivity index (χ0) is 12.3. The second kappa shape index (κ2) is 4.27. The highest BCUT2D eigenvalue weighted by Gasteiger charge is 2.20. The van der Waals surface area contributed by atoms with Gasteiger partial charge in [0.25, 0.3) is 5.69 Å². The normalized spacial score (nSPS) is 9.44. The number of nitrogen functional groups attached to an aromatic ring is 1. The zero-order valence-electron chi connectivity index (χ0n) is 8.01. The first-order valence-electron chi connectivity index (χ1n) is 4.14. The topological polar surface area (TPSA) is 130 Å². The van der Waals surface area contributed by atoms with Gasteiger partial charge in [0.05, 0.1) is 11.3 Å². The molecule has 0 bridgehead atoms. The van der Waals surface area contributed by atoms with E-state index in [1.165, 1.54) is 6.07 Å². The number of carboxylic acid groups (broad SMARTS) is 1. The fourth-order valence-electron chi connectivity index (χ4n) is 1.28. The van der Waals surface area contributed by atoms with Crippen LogP contribution in [0.5, 0.6) is 0 Å². The number of nitro groups is 1. The molecule has 1 aromatic carbocycles. The summed E-state index contributed by atoms with van der Waals surface area (Å²) >= 11 is 0. The molecule has 3 N–H and O–H groups in total. The van der Waals surface area contributed by atoms with E-state index in [9.17, 15) is 14.9 Å². The van der Waals surface area contributed by atoms with Crippen molar-refractivity contribution in [3.8, 4) is 6.07 Å². The number of carboxylic acids is 1. The van der Waals surface area contributed by atoms with E-state index in [0.29, 0.717) is 0 Å². The van der Waals surface area contributed by atoms with Crippen LogP contribution in [0.4, 0.5) is 11.4 Å². The number of nitro benzene ring substituents is 1. The lowest BCUT2D eigenvalue weighted by Gasteiger charge is -2.03. The maximum absolute atomic E-state index is 10.6. The molecule has 0 atom stereocenters. The quantitative estimate of drug-likeness (QED) is 0.438. The summed E-state index contributed by atoms with van der Waals surface area (Å²) in [6, 6.07) is 3.90. The van der Waals surface area contributed by atoms with Crippen molar-refractivity contribution in [3.05, 3.63) is 33.4 Å². The molecular formula is C9H7N3O4. The number of nitrogens with two attached hydrogens (primary N) is 1. The van der Waals surface area contributed by atoms with Crippen LogP contribution >= 0.6 is 0 Å². The Balaban J connectivity index is 3.43. The van der Waals surface area contributed by atoms with E-state index < -0.39 is 23.0 Å². The number of nitrogens with zero attached hydrogens (tertiary/aromatic N) is 2. The Labute approximate surface area is 89.9 Å². The molecule has 7 nitrogen and oxygen atoms in total. The molecule has 0 saturated heterocycles. The molecule has 0 aliphatic heterocycles. The Kier molecular flexibility index (Phi) is 3.06. The van der Waals surface area contributed by atoms with Crippen molar-refractivity contribution in [3.63, 3.8) is 0 Å². The average molecular weight is 221 g/mol. The Hall–Kier alpha value is -2.62. The van der Waals surface area contributed by atoms with Crippen LogP contribution in [0.15, 0.2) is 12.1 Å². The molecule has 1 aromatic rings. The van der Waals surface area contributed by atoms with E-state index in [1.54, 1.807) is 6.07 Å². The highest BCUT2D eigenvalue weighted by atomic mass is 16.6. The van der Waals surface area contributed by atoms with E-state index in [4.69, 9.17) is 16.1 Å². The first-order valence-corrected chi connectivity index (χ1v) is 4.14. The molecule has 82 valence electrons. The minimum absolute atomic E-state index is 0.0432. The summed E-state index contributed by atoms with van der Waals surface area (Å²) in [5.74, 6) is -1.18. The highest BCUT2D eigenvalue weighted by molar-refractivity contribution is 5.74. The second-order valence-corrected chi connectivity index (χ2v) is 3.01. The van der Waals surface area contributed by atoms with Crippen molar-refractivity contribution in [2.75, 3.05) is 5.73 Å². The lowest BCUT2D eigenvalue weighted by molar-refractivity contribution is -0.385. The smallest absolute Gasteiger partial charge is 0.307 e. The fraction of sp³-hybridized carbons (Fsp3) is 0.111. The van der Waals surface area contributed by atoms with Gasteiger partial charge < -0.3 is 10.8 Å². The van der Waals surface area contributed by atoms with Crippen LogP contribution in [0.25, 0.3) is 0 Å². The molecule has 0 unspecified atom stereocenters. The van der Waals surface area contributed by atoms with Crippen LogP contribution in [-0.2, 0) is 11.2 Å². The Morgan fingerprint density at radius 3 is 2.69 bits per heavy atom. The fourth-order valence-corrected chi connectivity index (χ4v) is 1.28. The van der Waals surface area contributed by atoms with E-state index in [2.05, 4.69) is 0 Å². The summed E-state index contributed by atoms with van der Waals surface area (Å²) in [6.45, 7) is 0. The third-order valence-corrected chi connectivity index (χ3v) is 1.87. The largest absolute Gasteiger partial charge is 0.481 e. The van der Waals surface area contributed by atoms with Gasteiger partial charge in [-0.25, -0.2) is 0 Å². The second-order valence-electron chi connectivity index (χ2n) is 3.01. The van der Waals surface area contributed by atoms with E-state index in [1.807, 2.05) is 0 Å². The van der Waals surface area contributed by atoms with Gasteiger partial charge in [-0.2, -0.15) is 5.26 Å². The molecule has 0 radical (unpaired) electrons. The predicted molar refractivity (Wildman–Crippen MR) is 53.6 cm³/mol. The number of hydrogen-bond donors (Lipinski definition) is 2. The van der Waals surface area contributed by atoms with Crippen LogP contribution in [-0.4, -0.2) is 16.0 Å². The average Bonchev–Trinajstić information content (AvgIpc) is 2.15. The monoisotopic (exact) mass is 221 g/mol. The summed E-state index contributed by atoms with van der Waals surface area (Å²) in [5, 5.41) is 28.0. The highest BCUT2D eigenvalue weighted by Crippen LogP contribution is 2.25. The van der Waals surface area contributed by atoms with Gasteiger partial charge >= 0.3 is 5.97 Å². The van der Waals surface area contributed by atoms with Crippen LogP contribution in [0, 0.1) is 21.4 Å². The lowest BCUT2D eigenvalue weighted by atomic mass is 10.0. The van der Waals surface area contributed by atoms with Crippen molar-refractivity contribution in [1.29, 1.82) is 5.26 Å². The first-order chi connectivity index (χ1) is 7.45. The molecule has 1 rings (SSSR count). The number of hydrogen-bond acceptors (Lipinski definition) is 5. The SMILES string of the molecule is N#Cc1c(CC(=O)O)cc(N)cc1[N+](=O)[O-]. The predicted octanol–water partition coefficient (Wildman–Crippen LogP) is 0.676. The van der Waals surface area contributed by atoms with Crippen LogP contribution < -0.4 is 5.73 Å². The number of aliphatic carboxylic acids is 1. The maximum Gasteiger partial charge on any atom is 0.307 e. The molecule has 16 heavy (non-hydrogen) atoms. The first kappa shape index (κ1) is 11.5. The molecule has 7 heteroatoms. The van der Waals surface area contributed by atoms with Crippen molar-refractivity contribution in [2.45, 2.75) is 6.42 Å². The number of nitriles is 1. The summed E-state index contributed by atoms with van der Waals surface area (Å²) in [5.41, 5.74) is 4.75. The molecule has 0 aromatic heterocycles. The minimum Gasteiger partial charge on any atom is -0.481 e. The van der Waals surface area contributed by atoms with Crippen molar-refractivity contribution in [1.82, 2.24) is 0 Å². The molecule has 0 heterocycles. The summed E-state index contributed by atoms with van der Waals surface area (Å²) < 4.78 is 0. The van der Waals surface area contributed by atoms with Gasteiger partial charge in [0, 0.05) is 11.8 Å². The van der Waals surface area contributed by atoms with Gasteiger partial charge in [0.15, 0.2) is 0 Å². The van der Waals surface area contributed by atoms with Gasteiger partial charge in [0.2, 0.25) is 0 Å². The van der Waals surface area contributed by atoms with Gasteiger partial charge in [-0.1, -0.05) is 0 Å². The third-order valence-electron chi connectivity index (χ3n) is 1.87. The number of carbonyl (C=O) groups is 1. The zero-order valence-corrected chi connectivity index (χ0v) is 8.01. The third kappa shape index (κ3) is 2.24. The van der Waals surface area contributed by atoms with Gasteiger partial charge in [-0.05, 0) is 11.6 Å². The number of rotatable bonds is 3. The lowest BCUT2D eigenvalue weighted by Crippen LogP contribution is -2.05. The van der Waals surface area contributed by atoms with Gasteiger partial charge in [0.1, 0.15) is 11.6 Å². The molecular weight excluding hydrogens is 214 g/mol. The minimum atomic E-state index is -1.18. The molecule has 0 amide bonds. The Morgan fingerprint density at radius 2 is 2.25 bits per heavy atom. The van der Waals surface area contributed by atoms with Crippen molar-refractivity contribution < 1.29 is 14.8 Å². The summed E-state index contributed by atoms with van der Waals surface area (Å²) in [6.07, 6.45) is -0.477. The number of benzene rings is 1. The van der Waals surface area contributed by atoms with Crippen LogP contribution in [0.2, 0.25) is 0 Å². The summed E-state index contributed by atoms with van der Waals surface area (Å²) in [4.78, 5) is 20.4. The van der Waals surface area contributed by atoms with Crippen LogP contribution in [0.1, 0.15) is 11.1 Å². The van der Waals surface area contributed by atoms with E-state index in [0.717, 1.165) is 6.07 Å². The van der Waals surface area contributed by atoms with E-state index >= 15 is 0 Å². The summed E-state index contributed by atoms with van der Waals surface area (Å²) in [7, 11) is 0.